The number of esters is 1. The predicted molar refractivity (Wildman–Crippen MR) is 92.0 cm³/mol. The normalized spacial score (nSPS) is 11.2. The van der Waals surface area contributed by atoms with Gasteiger partial charge in [-0.05, 0) is 42.7 Å². The number of aryl methyl sites for hydroxylation is 2. The van der Waals surface area contributed by atoms with Crippen molar-refractivity contribution in [2.24, 2.45) is 0 Å². The molecule has 2 aromatic rings. The Morgan fingerprint density at radius 1 is 1.04 bits per heavy atom. The van der Waals surface area contributed by atoms with E-state index in [0.29, 0.717) is 0 Å². The molecule has 0 aliphatic heterocycles. The van der Waals surface area contributed by atoms with Crippen LogP contribution in [-0.2, 0) is 26.2 Å². The van der Waals surface area contributed by atoms with Crippen LogP contribution in [0.5, 0.6) is 0 Å². The van der Waals surface area contributed by atoms with Crippen molar-refractivity contribution in [2.45, 2.75) is 31.8 Å². The van der Waals surface area contributed by atoms with Gasteiger partial charge in [0.15, 0.2) is 0 Å². The fraction of sp³-hybridized carbons (Fsp3) is 0.278. The van der Waals surface area contributed by atoms with E-state index in [4.69, 9.17) is 4.74 Å². The first kappa shape index (κ1) is 18.2. The van der Waals surface area contributed by atoms with Crippen molar-refractivity contribution in [2.75, 3.05) is 6.54 Å². The van der Waals surface area contributed by atoms with Crippen molar-refractivity contribution in [1.29, 1.82) is 0 Å². The summed E-state index contributed by atoms with van der Waals surface area (Å²) >= 11 is 0. The van der Waals surface area contributed by atoms with Gasteiger partial charge in [-0.25, -0.2) is 13.1 Å². The molecule has 128 valence electrons. The molecule has 6 heteroatoms. The van der Waals surface area contributed by atoms with Crippen molar-refractivity contribution >= 4 is 16.0 Å². The molecular weight excluding hydrogens is 326 g/mol. The van der Waals surface area contributed by atoms with E-state index in [0.717, 1.165) is 16.7 Å². The lowest BCUT2D eigenvalue weighted by Crippen LogP contribution is -2.26. The van der Waals surface area contributed by atoms with Crippen LogP contribution in [0.3, 0.4) is 0 Å². The van der Waals surface area contributed by atoms with E-state index in [-0.39, 0.29) is 24.5 Å². The van der Waals surface area contributed by atoms with E-state index >= 15 is 0 Å². The molecular formula is C18H21NO4S. The predicted octanol–water partition coefficient (Wildman–Crippen LogP) is 2.72. The number of nitrogens with one attached hydrogen (secondary N) is 1. The van der Waals surface area contributed by atoms with Crippen LogP contribution < -0.4 is 4.72 Å². The quantitative estimate of drug-likeness (QED) is 0.782. The van der Waals surface area contributed by atoms with Gasteiger partial charge in [0, 0.05) is 6.54 Å². The third-order valence-electron chi connectivity index (χ3n) is 3.65. The molecule has 0 unspecified atom stereocenters. The van der Waals surface area contributed by atoms with Crippen molar-refractivity contribution in [3.63, 3.8) is 0 Å². The van der Waals surface area contributed by atoms with Gasteiger partial charge in [0.25, 0.3) is 0 Å². The maximum Gasteiger partial charge on any atom is 0.307 e. The average Bonchev–Trinajstić information content (AvgIpc) is 2.56. The zero-order valence-electron chi connectivity index (χ0n) is 13.8. The third kappa shape index (κ3) is 5.18. The molecule has 0 heterocycles. The largest absolute Gasteiger partial charge is 0.461 e. The molecule has 1 N–H and O–H groups in total. The van der Waals surface area contributed by atoms with E-state index in [1.165, 1.54) is 0 Å². The molecule has 0 aliphatic rings. The highest BCUT2D eigenvalue weighted by Gasteiger charge is 2.15. The van der Waals surface area contributed by atoms with Crippen LogP contribution in [0, 0.1) is 13.8 Å². The Bertz CT molecular complexity index is 801. The maximum atomic E-state index is 12.2. The molecule has 0 saturated heterocycles. The summed E-state index contributed by atoms with van der Waals surface area (Å²) in [5, 5.41) is 0. The molecule has 2 aromatic carbocycles. The fourth-order valence-corrected chi connectivity index (χ4v) is 3.18. The number of benzene rings is 2. The van der Waals surface area contributed by atoms with Crippen molar-refractivity contribution in [3.05, 3.63) is 65.2 Å². The van der Waals surface area contributed by atoms with Gasteiger partial charge < -0.3 is 4.74 Å². The summed E-state index contributed by atoms with van der Waals surface area (Å²) in [7, 11) is -3.62. The molecule has 0 aliphatic carbocycles. The van der Waals surface area contributed by atoms with Crippen molar-refractivity contribution in [3.8, 4) is 0 Å². The number of ether oxygens (including phenoxy) is 1. The molecule has 0 spiro atoms. The van der Waals surface area contributed by atoms with Gasteiger partial charge in [0.1, 0.15) is 6.61 Å². The van der Waals surface area contributed by atoms with E-state index in [2.05, 4.69) is 4.72 Å². The standard InChI is InChI=1S/C18H21NO4S/c1-14-8-9-17(12-15(14)2)24(21,22)19-11-10-18(20)23-13-16-6-4-3-5-7-16/h3-9,12,19H,10-11,13H2,1-2H3. The first-order chi connectivity index (χ1) is 11.4. The minimum absolute atomic E-state index is 0.00286. The number of carbonyl (C=O) groups excluding carboxylic acids is 1. The summed E-state index contributed by atoms with van der Waals surface area (Å²) in [6, 6.07) is 14.3. The first-order valence-corrected chi connectivity index (χ1v) is 9.13. The lowest BCUT2D eigenvalue weighted by Gasteiger charge is -2.09. The molecule has 0 aromatic heterocycles. The van der Waals surface area contributed by atoms with E-state index in [9.17, 15) is 13.2 Å². The van der Waals surface area contributed by atoms with Gasteiger partial charge in [-0.15, -0.1) is 0 Å². The van der Waals surface area contributed by atoms with Gasteiger partial charge in [-0.3, -0.25) is 4.79 Å². The van der Waals surface area contributed by atoms with Gasteiger partial charge in [-0.1, -0.05) is 36.4 Å². The minimum atomic E-state index is -3.62. The molecule has 0 fully saturated rings. The summed E-state index contributed by atoms with van der Waals surface area (Å²) in [5.41, 5.74) is 2.82. The van der Waals surface area contributed by atoms with Crippen molar-refractivity contribution < 1.29 is 17.9 Å². The molecule has 0 bridgehead atoms. The molecule has 0 radical (unpaired) electrons. The lowest BCUT2D eigenvalue weighted by atomic mass is 10.1. The number of sulfonamides is 1. The number of carbonyl (C=O) groups is 1. The highest BCUT2D eigenvalue weighted by atomic mass is 32.2. The minimum Gasteiger partial charge on any atom is -0.461 e. The van der Waals surface area contributed by atoms with Crippen LogP contribution in [0.15, 0.2) is 53.4 Å². The van der Waals surface area contributed by atoms with Crippen LogP contribution in [0.2, 0.25) is 0 Å². The summed E-state index contributed by atoms with van der Waals surface area (Å²) in [6.45, 7) is 3.96. The van der Waals surface area contributed by atoms with Gasteiger partial charge in [0.2, 0.25) is 10.0 Å². The van der Waals surface area contributed by atoms with Gasteiger partial charge in [-0.2, -0.15) is 0 Å². The smallest absolute Gasteiger partial charge is 0.307 e. The molecule has 0 atom stereocenters. The van der Waals surface area contributed by atoms with Crippen LogP contribution in [-0.4, -0.2) is 20.9 Å². The highest BCUT2D eigenvalue weighted by Crippen LogP contribution is 2.14. The second-order valence-corrected chi connectivity index (χ2v) is 7.31. The molecule has 2 rings (SSSR count). The summed E-state index contributed by atoms with van der Waals surface area (Å²) < 4.78 is 31.9. The zero-order valence-corrected chi connectivity index (χ0v) is 14.6. The van der Waals surface area contributed by atoms with Gasteiger partial charge >= 0.3 is 5.97 Å². The average molecular weight is 347 g/mol. The second-order valence-electron chi connectivity index (χ2n) is 5.54. The molecule has 5 nitrogen and oxygen atoms in total. The number of rotatable bonds is 7. The van der Waals surface area contributed by atoms with E-state index < -0.39 is 16.0 Å². The second kappa shape index (κ2) is 8.08. The third-order valence-corrected chi connectivity index (χ3v) is 5.11. The topological polar surface area (TPSA) is 72.5 Å². The van der Waals surface area contributed by atoms with Crippen molar-refractivity contribution in [1.82, 2.24) is 4.72 Å². The fourth-order valence-electron chi connectivity index (χ4n) is 2.06. The maximum absolute atomic E-state index is 12.2. The summed E-state index contributed by atoms with van der Waals surface area (Å²) in [4.78, 5) is 11.9. The SMILES string of the molecule is Cc1ccc(S(=O)(=O)NCCC(=O)OCc2ccccc2)cc1C. The number of hydrogen-bond acceptors (Lipinski definition) is 4. The molecule has 24 heavy (non-hydrogen) atoms. The Balaban J connectivity index is 1.82. The Morgan fingerprint density at radius 2 is 1.75 bits per heavy atom. The monoisotopic (exact) mass is 347 g/mol. The van der Waals surface area contributed by atoms with E-state index in [1.807, 2.05) is 44.2 Å². The Kier molecular flexibility index (Phi) is 6.11. The van der Waals surface area contributed by atoms with Crippen LogP contribution in [0.25, 0.3) is 0 Å². The Labute approximate surface area is 142 Å². The highest BCUT2D eigenvalue weighted by molar-refractivity contribution is 7.89. The summed E-state index contributed by atoms with van der Waals surface area (Å²) in [5.74, 6) is -0.443. The summed E-state index contributed by atoms with van der Waals surface area (Å²) in [6.07, 6.45) is -0.0170. The molecule has 0 amide bonds. The van der Waals surface area contributed by atoms with Gasteiger partial charge in [0.05, 0.1) is 11.3 Å². The molecule has 0 saturated carbocycles. The Morgan fingerprint density at radius 3 is 2.42 bits per heavy atom. The lowest BCUT2D eigenvalue weighted by molar-refractivity contribution is -0.144. The van der Waals surface area contributed by atoms with E-state index in [1.54, 1.807) is 18.2 Å². The Hall–Kier alpha value is -2.18. The zero-order chi connectivity index (χ0) is 17.6. The van der Waals surface area contributed by atoms with Crippen LogP contribution >= 0.6 is 0 Å². The van der Waals surface area contributed by atoms with Crippen LogP contribution in [0.1, 0.15) is 23.1 Å². The van der Waals surface area contributed by atoms with Crippen LogP contribution in [0.4, 0.5) is 0 Å². The first-order valence-electron chi connectivity index (χ1n) is 7.65. The number of hydrogen-bond donors (Lipinski definition) is 1.